The Bertz CT molecular complexity index is 535. The number of nitrogen functional groups attached to an aromatic ring is 1. The van der Waals surface area contributed by atoms with E-state index in [1.807, 2.05) is 25.1 Å². The van der Waals surface area contributed by atoms with Crippen LogP contribution in [-0.2, 0) is 6.42 Å². The van der Waals surface area contributed by atoms with Gasteiger partial charge in [-0.25, -0.2) is 4.98 Å². The molecule has 1 aromatic carbocycles. The van der Waals surface area contributed by atoms with Crippen molar-refractivity contribution in [2.75, 3.05) is 5.73 Å². The molecule has 0 atom stereocenters. The van der Waals surface area contributed by atoms with E-state index in [-0.39, 0.29) is 0 Å². The summed E-state index contributed by atoms with van der Waals surface area (Å²) in [6, 6.07) is 10.1. The molecule has 2 rings (SSSR count). The number of aromatic nitrogens is 1. The van der Waals surface area contributed by atoms with Gasteiger partial charge in [-0.05, 0) is 43.5 Å². The third-order valence-electron chi connectivity index (χ3n) is 3.01. The van der Waals surface area contributed by atoms with E-state index in [9.17, 15) is 0 Å². The van der Waals surface area contributed by atoms with E-state index >= 15 is 0 Å². The Labute approximate surface area is 114 Å². The lowest BCUT2D eigenvalue weighted by atomic mass is 10.1. The number of pyridine rings is 1. The van der Waals surface area contributed by atoms with Crippen molar-refractivity contribution in [3.63, 3.8) is 0 Å². The molecule has 0 aliphatic heterocycles. The lowest BCUT2D eigenvalue weighted by molar-refractivity contribution is 0.459. The highest BCUT2D eigenvalue weighted by molar-refractivity contribution is 5.43. The number of hydrogen-bond donors (Lipinski definition) is 1. The lowest BCUT2D eigenvalue weighted by Gasteiger charge is -2.08. The van der Waals surface area contributed by atoms with Crippen LogP contribution in [0.2, 0.25) is 0 Å². The van der Waals surface area contributed by atoms with Crippen LogP contribution in [0.3, 0.4) is 0 Å². The molecule has 0 saturated carbocycles. The number of nitrogens with two attached hydrogens (primary N) is 1. The number of benzene rings is 1. The van der Waals surface area contributed by atoms with E-state index in [0.717, 1.165) is 17.7 Å². The molecule has 100 valence electrons. The Balaban J connectivity index is 2.06. The van der Waals surface area contributed by atoms with Crippen molar-refractivity contribution < 1.29 is 4.74 Å². The quantitative estimate of drug-likeness (QED) is 0.875. The fourth-order valence-corrected chi connectivity index (χ4v) is 1.91. The molecule has 2 aromatic rings. The van der Waals surface area contributed by atoms with Crippen LogP contribution in [0.5, 0.6) is 11.6 Å². The summed E-state index contributed by atoms with van der Waals surface area (Å²) in [7, 11) is 0. The molecule has 0 radical (unpaired) electrons. The summed E-state index contributed by atoms with van der Waals surface area (Å²) < 4.78 is 5.76. The van der Waals surface area contributed by atoms with Gasteiger partial charge < -0.3 is 10.5 Å². The minimum atomic E-state index is 0.607. The first-order chi connectivity index (χ1) is 9.19. The molecule has 3 nitrogen and oxygen atoms in total. The maximum Gasteiger partial charge on any atom is 0.222 e. The second-order valence-electron chi connectivity index (χ2n) is 4.74. The minimum absolute atomic E-state index is 0.607. The minimum Gasteiger partial charge on any atom is -0.439 e. The van der Waals surface area contributed by atoms with Crippen LogP contribution in [0.15, 0.2) is 36.5 Å². The fraction of sp³-hybridized carbons (Fsp3) is 0.312. The fourth-order valence-electron chi connectivity index (χ4n) is 1.91. The van der Waals surface area contributed by atoms with Gasteiger partial charge in [0.05, 0.1) is 11.9 Å². The second-order valence-corrected chi connectivity index (χ2v) is 4.74. The molecule has 19 heavy (non-hydrogen) atoms. The zero-order valence-electron chi connectivity index (χ0n) is 11.5. The molecule has 0 amide bonds. The predicted molar refractivity (Wildman–Crippen MR) is 78.5 cm³/mol. The van der Waals surface area contributed by atoms with Gasteiger partial charge in [0.1, 0.15) is 5.75 Å². The predicted octanol–water partition coefficient (Wildman–Crippen LogP) is 4.11. The van der Waals surface area contributed by atoms with E-state index in [2.05, 4.69) is 24.0 Å². The average molecular weight is 256 g/mol. The first-order valence-electron chi connectivity index (χ1n) is 6.68. The maximum atomic E-state index is 5.76. The third kappa shape index (κ3) is 3.71. The second kappa shape index (κ2) is 6.23. The molecule has 0 spiro atoms. The molecule has 2 N–H and O–H groups in total. The molecule has 3 heteroatoms. The molecule has 0 bridgehead atoms. The highest BCUT2D eigenvalue weighted by Crippen LogP contribution is 2.24. The van der Waals surface area contributed by atoms with Gasteiger partial charge in [-0.1, -0.05) is 25.5 Å². The first-order valence-corrected chi connectivity index (χ1v) is 6.68. The number of rotatable bonds is 5. The van der Waals surface area contributed by atoms with Gasteiger partial charge >= 0.3 is 0 Å². The number of unbranched alkanes of at least 4 members (excludes halogenated alkanes) is 1. The van der Waals surface area contributed by atoms with Gasteiger partial charge in [-0.3, -0.25) is 0 Å². The Morgan fingerprint density at radius 2 is 1.95 bits per heavy atom. The summed E-state index contributed by atoms with van der Waals surface area (Å²) >= 11 is 0. The number of hydrogen-bond acceptors (Lipinski definition) is 3. The summed E-state index contributed by atoms with van der Waals surface area (Å²) in [5.41, 5.74) is 8.61. The van der Waals surface area contributed by atoms with E-state index in [1.165, 1.54) is 18.4 Å². The highest BCUT2D eigenvalue weighted by Gasteiger charge is 2.03. The van der Waals surface area contributed by atoms with Crippen molar-refractivity contribution in [1.29, 1.82) is 0 Å². The van der Waals surface area contributed by atoms with Gasteiger partial charge in [0.2, 0.25) is 5.88 Å². The maximum absolute atomic E-state index is 5.76. The molecular weight excluding hydrogens is 236 g/mol. The van der Waals surface area contributed by atoms with Gasteiger partial charge in [0.15, 0.2) is 0 Å². The Morgan fingerprint density at radius 1 is 1.21 bits per heavy atom. The van der Waals surface area contributed by atoms with Crippen LogP contribution in [0, 0.1) is 6.92 Å². The van der Waals surface area contributed by atoms with Crippen molar-refractivity contribution in [2.45, 2.75) is 33.1 Å². The summed E-state index contributed by atoms with van der Waals surface area (Å²) in [5.74, 6) is 1.41. The summed E-state index contributed by atoms with van der Waals surface area (Å²) in [4.78, 5) is 4.20. The molecule has 0 aliphatic carbocycles. The molecule has 1 aromatic heterocycles. The van der Waals surface area contributed by atoms with Crippen molar-refractivity contribution >= 4 is 5.69 Å². The number of ether oxygens (including phenoxy) is 1. The molecule has 1 heterocycles. The van der Waals surface area contributed by atoms with E-state index in [1.54, 1.807) is 6.20 Å². The third-order valence-corrected chi connectivity index (χ3v) is 3.01. The number of anilines is 1. The Kier molecular flexibility index (Phi) is 4.39. The van der Waals surface area contributed by atoms with Crippen LogP contribution in [-0.4, -0.2) is 4.98 Å². The first kappa shape index (κ1) is 13.4. The highest BCUT2D eigenvalue weighted by atomic mass is 16.5. The lowest BCUT2D eigenvalue weighted by Crippen LogP contribution is -1.94. The van der Waals surface area contributed by atoms with E-state index < -0.39 is 0 Å². The molecular formula is C16H20N2O. The molecule has 0 unspecified atom stereocenters. The molecule has 0 saturated heterocycles. The van der Waals surface area contributed by atoms with Crippen LogP contribution in [0.25, 0.3) is 0 Å². The zero-order chi connectivity index (χ0) is 13.7. The van der Waals surface area contributed by atoms with Crippen molar-refractivity contribution in [2.24, 2.45) is 0 Å². The van der Waals surface area contributed by atoms with Gasteiger partial charge in [-0.2, -0.15) is 0 Å². The number of nitrogens with zero attached hydrogens (tertiary/aromatic N) is 1. The zero-order valence-corrected chi connectivity index (χ0v) is 11.5. The Hall–Kier alpha value is -2.03. The average Bonchev–Trinajstić information content (AvgIpc) is 2.41. The summed E-state index contributed by atoms with van der Waals surface area (Å²) in [5, 5.41) is 0. The van der Waals surface area contributed by atoms with Crippen molar-refractivity contribution in [1.82, 2.24) is 4.98 Å². The van der Waals surface area contributed by atoms with Gasteiger partial charge in [0.25, 0.3) is 0 Å². The monoisotopic (exact) mass is 256 g/mol. The van der Waals surface area contributed by atoms with E-state index in [0.29, 0.717) is 11.6 Å². The SMILES string of the molecule is CCCCc1ccc(Oc2ncc(N)cc2C)cc1. The summed E-state index contributed by atoms with van der Waals surface area (Å²) in [6.07, 6.45) is 5.17. The van der Waals surface area contributed by atoms with Crippen LogP contribution >= 0.6 is 0 Å². The van der Waals surface area contributed by atoms with Gasteiger partial charge in [-0.15, -0.1) is 0 Å². The van der Waals surface area contributed by atoms with Crippen LogP contribution in [0.1, 0.15) is 30.9 Å². The van der Waals surface area contributed by atoms with Crippen LogP contribution in [0.4, 0.5) is 5.69 Å². The smallest absolute Gasteiger partial charge is 0.222 e. The largest absolute Gasteiger partial charge is 0.439 e. The topological polar surface area (TPSA) is 48.1 Å². The van der Waals surface area contributed by atoms with Crippen molar-refractivity contribution in [3.05, 3.63) is 47.7 Å². The van der Waals surface area contributed by atoms with Gasteiger partial charge in [0, 0.05) is 5.56 Å². The molecule has 0 aliphatic rings. The standard InChI is InChI=1S/C16H20N2O/c1-3-4-5-13-6-8-15(9-7-13)19-16-12(2)10-14(17)11-18-16/h6-11H,3-5,17H2,1-2H3. The van der Waals surface area contributed by atoms with Crippen LogP contribution < -0.4 is 10.5 Å². The molecule has 0 fully saturated rings. The normalized spacial score (nSPS) is 10.4. The number of aryl methyl sites for hydroxylation is 2. The van der Waals surface area contributed by atoms with Crippen molar-refractivity contribution in [3.8, 4) is 11.6 Å². The van der Waals surface area contributed by atoms with E-state index in [4.69, 9.17) is 10.5 Å². The Morgan fingerprint density at radius 3 is 2.58 bits per heavy atom. The summed E-state index contributed by atoms with van der Waals surface area (Å²) in [6.45, 7) is 4.14.